The standard InChI is InChI=1S/C14H20N2O2/c1-2-12-3-4-13(18-12)14(17)16-10-7-11-5-8-15-9-6-11/h3-5,15H,2,6-10H2,1H3,(H,16,17). The minimum absolute atomic E-state index is 0.121. The summed E-state index contributed by atoms with van der Waals surface area (Å²) in [7, 11) is 0. The van der Waals surface area contributed by atoms with E-state index in [1.165, 1.54) is 5.57 Å². The summed E-state index contributed by atoms with van der Waals surface area (Å²) in [6.07, 6.45) is 5.02. The van der Waals surface area contributed by atoms with E-state index >= 15 is 0 Å². The van der Waals surface area contributed by atoms with Crippen molar-refractivity contribution in [3.05, 3.63) is 35.3 Å². The maximum atomic E-state index is 11.8. The van der Waals surface area contributed by atoms with Crippen LogP contribution in [0.1, 0.15) is 36.1 Å². The number of carbonyl (C=O) groups excluding carboxylic acids is 1. The summed E-state index contributed by atoms with van der Waals surface area (Å²) < 4.78 is 5.40. The van der Waals surface area contributed by atoms with Crippen LogP contribution in [0.2, 0.25) is 0 Å². The van der Waals surface area contributed by atoms with Crippen molar-refractivity contribution in [1.29, 1.82) is 0 Å². The average molecular weight is 248 g/mol. The lowest BCUT2D eigenvalue weighted by atomic mass is 10.1. The van der Waals surface area contributed by atoms with Gasteiger partial charge in [0, 0.05) is 19.5 Å². The molecule has 0 aromatic carbocycles. The molecule has 0 saturated carbocycles. The number of rotatable bonds is 5. The molecule has 0 spiro atoms. The van der Waals surface area contributed by atoms with Gasteiger partial charge in [0.2, 0.25) is 0 Å². The molecule has 0 radical (unpaired) electrons. The third kappa shape index (κ3) is 3.47. The first-order chi connectivity index (χ1) is 8.79. The van der Waals surface area contributed by atoms with Crippen molar-refractivity contribution in [3.63, 3.8) is 0 Å². The molecule has 1 aromatic rings. The Morgan fingerprint density at radius 2 is 2.39 bits per heavy atom. The van der Waals surface area contributed by atoms with E-state index in [1.54, 1.807) is 6.07 Å². The number of furan rings is 1. The highest BCUT2D eigenvalue weighted by molar-refractivity contribution is 5.91. The van der Waals surface area contributed by atoms with Crippen molar-refractivity contribution in [3.8, 4) is 0 Å². The normalized spacial score (nSPS) is 15.3. The minimum Gasteiger partial charge on any atom is -0.456 e. The van der Waals surface area contributed by atoms with Gasteiger partial charge in [-0.15, -0.1) is 0 Å². The monoisotopic (exact) mass is 248 g/mol. The van der Waals surface area contributed by atoms with Crippen LogP contribution in [0.25, 0.3) is 0 Å². The van der Waals surface area contributed by atoms with Crippen LogP contribution < -0.4 is 10.6 Å². The molecule has 2 heterocycles. The van der Waals surface area contributed by atoms with Gasteiger partial charge >= 0.3 is 0 Å². The Bertz CT molecular complexity index is 435. The van der Waals surface area contributed by atoms with Crippen molar-refractivity contribution < 1.29 is 9.21 Å². The van der Waals surface area contributed by atoms with Gasteiger partial charge in [-0.3, -0.25) is 4.79 Å². The smallest absolute Gasteiger partial charge is 0.287 e. The quantitative estimate of drug-likeness (QED) is 0.782. The number of aryl methyl sites for hydroxylation is 1. The van der Waals surface area contributed by atoms with Crippen LogP contribution >= 0.6 is 0 Å². The molecule has 0 bridgehead atoms. The Morgan fingerprint density at radius 3 is 3.06 bits per heavy atom. The SMILES string of the molecule is CCc1ccc(C(=O)NCCC2=CCNCC2)o1. The number of hydrogen-bond donors (Lipinski definition) is 2. The molecular formula is C14H20N2O2. The van der Waals surface area contributed by atoms with Crippen LogP contribution in [0.4, 0.5) is 0 Å². The zero-order chi connectivity index (χ0) is 12.8. The average Bonchev–Trinajstić information content (AvgIpc) is 2.89. The second-order valence-corrected chi connectivity index (χ2v) is 4.44. The lowest BCUT2D eigenvalue weighted by Crippen LogP contribution is -2.26. The van der Waals surface area contributed by atoms with Gasteiger partial charge in [-0.1, -0.05) is 18.6 Å². The van der Waals surface area contributed by atoms with Crippen molar-refractivity contribution in [2.75, 3.05) is 19.6 Å². The molecule has 98 valence electrons. The maximum absolute atomic E-state index is 11.8. The first-order valence-corrected chi connectivity index (χ1v) is 6.55. The van der Waals surface area contributed by atoms with E-state index in [0.29, 0.717) is 12.3 Å². The number of amides is 1. The van der Waals surface area contributed by atoms with Gasteiger partial charge in [-0.2, -0.15) is 0 Å². The molecule has 2 N–H and O–H groups in total. The van der Waals surface area contributed by atoms with E-state index in [-0.39, 0.29) is 5.91 Å². The first kappa shape index (κ1) is 12.9. The highest BCUT2D eigenvalue weighted by Crippen LogP contribution is 2.10. The van der Waals surface area contributed by atoms with Crippen LogP contribution in [0, 0.1) is 0 Å². The lowest BCUT2D eigenvalue weighted by Gasteiger charge is -2.13. The molecule has 4 nitrogen and oxygen atoms in total. The summed E-state index contributed by atoms with van der Waals surface area (Å²) in [4.78, 5) is 11.8. The fourth-order valence-corrected chi connectivity index (χ4v) is 2.01. The predicted octanol–water partition coefficient (Wildman–Crippen LogP) is 1.88. The lowest BCUT2D eigenvalue weighted by molar-refractivity contribution is 0.0924. The molecule has 0 atom stereocenters. The van der Waals surface area contributed by atoms with E-state index in [9.17, 15) is 4.79 Å². The van der Waals surface area contributed by atoms with E-state index in [4.69, 9.17) is 4.42 Å². The summed E-state index contributed by atoms with van der Waals surface area (Å²) >= 11 is 0. The highest BCUT2D eigenvalue weighted by atomic mass is 16.3. The zero-order valence-electron chi connectivity index (χ0n) is 10.8. The summed E-state index contributed by atoms with van der Waals surface area (Å²) in [5, 5.41) is 6.16. The van der Waals surface area contributed by atoms with Gasteiger partial charge in [-0.05, 0) is 31.5 Å². The Kier molecular flexibility index (Phi) is 4.59. The molecule has 0 aliphatic carbocycles. The summed E-state index contributed by atoms with van der Waals surface area (Å²) in [6, 6.07) is 3.59. The first-order valence-electron chi connectivity index (χ1n) is 6.55. The van der Waals surface area contributed by atoms with Gasteiger partial charge in [0.1, 0.15) is 5.76 Å². The molecule has 0 unspecified atom stereocenters. The van der Waals surface area contributed by atoms with E-state index in [1.807, 2.05) is 13.0 Å². The molecule has 1 aliphatic heterocycles. The van der Waals surface area contributed by atoms with Gasteiger partial charge < -0.3 is 15.1 Å². The molecule has 4 heteroatoms. The maximum Gasteiger partial charge on any atom is 0.287 e. The number of nitrogens with one attached hydrogen (secondary N) is 2. The molecule has 2 rings (SSSR count). The summed E-state index contributed by atoms with van der Waals surface area (Å²) in [5.74, 6) is 1.14. The Labute approximate surface area is 107 Å². The van der Waals surface area contributed by atoms with Crippen LogP contribution in [-0.2, 0) is 6.42 Å². The summed E-state index contributed by atoms with van der Waals surface area (Å²) in [5.41, 5.74) is 1.42. The van der Waals surface area contributed by atoms with Gasteiger partial charge in [-0.25, -0.2) is 0 Å². The number of carbonyl (C=O) groups is 1. The second-order valence-electron chi connectivity index (χ2n) is 4.44. The van der Waals surface area contributed by atoms with Gasteiger partial charge in [0.15, 0.2) is 5.76 Å². The van der Waals surface area contributed by atoms with Crippen LogP contribution in [0.5, 0.6) is 0 Å². The number of hydrogen-bond acceptors (Lipinski definition) is 3. The predicted molar refractivity (Wildman–Crippen MR) is 70.6 cm³/mol. The van der Waals surface area contributed by atoms with Crippen LogP contribution in [-0.4, -0.2) is 25.5 Å². The molecule has 18 heavy (non-hydrogen) atoms. The Balaban J connectivity index is 1.76. The van der Waals surface area contributed by atoms with E-state index < -0.39 is 0 Å². The van der Waals surface area contributed by atoms with Gasteiger partial charge in [0.25, 0.3) is 5.91 Å². The van der Waals surface area contributed by atoms with Crippen molar-refractivity contribution in [2.24, 2.45) is 0 Å². The largest absolute Gasteiger partial charge is 0.456 e. The fourth-order valence-electron chi connectivity index (χ4n) is 2.01. The summed E-state index contributed by atoms with van der Waals surface area (Å²) in [6.45, 7) is 4.66. The Morgan fingerprint density at radius 1 is 1.50 bits per heavy atom. The molecule has 1 aliphatic rings. The van der Waals surface area contributed by atoms with Crippen molar-refractivity contribution in [2.45, 2.75) is 26.2 Å². The molecule has 0 saturated heterocycles. The molecule has 1 amide bonds. The van der Waals surface area contributed by atoms with E-state index in [2.05, 4.69) is 16.7 Å². The minimum atomic E-state index is -0.121. The Hall–Kier alpha value is -1.55. The zero-order valence-corrected chi connectivity index (χ0v) is 10.8. The molecule has 0 fully saturated rings. The molecular weight excluding hydrogens is 228 g/mol. The van der Waals surface area contributed by atoms with Crippen molar-refractivity contribution in [1.82, 2.24) is 10.6 Å². The van der Waals surface area contributed by atoms with E-state index in [0.717, 1.165) is 38.1 Å². The van der Waals surface area contributed by atoms with Crippen molar-refractivity contribution >= 4 is 5.91 Å². The fraction of sp³-hybridized carbons (Fsp3) is 0.500. The highest BCUT2D eigenvalue weighted by Gasteiger charge is 2.10. The van der Waals surface area contributed by atoms with Crippen LogP contribution in [0.15, 0.2) is 28.2 Å². The van der Waals surface area contributed by atoms with Crippen LogP contribution in [0.3, 0.4) is 0 Å². The third-order valence-corrected chi connectivity index (χ3v) is 3.12. The second kappa shape index (κ2) is 6.40. The topological polar surface area (TPSA) is 54.3 Å². The molecule has 1 aromatic heterocycles. The van der Waals surface area contributed by atoms with Gasteiger partial charge in [0.05, 0.1) is 0 Å². The third-order valence-electron chi connectivity index (χ3n) is 3.12.